The second-order valence-electron chi connectivity index (χ2n) is 5.37. The number of hydrogen-bond acceptors (Lipinski definition) is 4. The molecule has 0 aliphatic heterocycles. The quantitative estimate of drug-likeness (QED) is 0.592. The van der Waals surface area contributed by atoms with Crippen LogP contribution in [0.15, 0.2) is 73.3 Å². The Labute approximate surface area is 143 Å². The summed E-state index contributed by atoms with van der Waals surface area (Å²) in [5, 5.41) is 3.73. The lowest BCUT2D eigenvalue weighted by Gasteiger charge is -2.08. The van der Waals surface area contributed by atoms with Gasteiger partial charge in [-0.05, 0) is 36.4 Å². The maximum atomic E-state index is 12.5. The molecule has 2 N–H and O–H groups in total. The molecule has 25 heavy (non-hydrogen) atoms. The van der Waals surface area contributed by atoms with Gasteiger partial charge in [0.1, 0.15) is 5.75 Å². The summed E-state index contributed by atoms with van der Waals surface area (Å²) >= 11 is 0. The number of hydrogen-bond donors (Lipinski definition) is 2. The topological polar surface area (TPSA) is 79.9 Å². The van der Waals surface area contributed by atoms with Gasteiger partial charge in [-0.1, -0.05) is 6.07 Å². The number of H-pyrrole nitrogens is 1. The minimum atomic E-state index is -0.187. The summed E-state index contributed by atoms with van der Waals surface area (Å²) in [4.78, 5) is 23.8. The van der Waals surface area contributed by atoms with Crippen molar-refractivity contribution in [1.82, 2.24) is 15.0 Å². The van der Waals surface area contributed by atoms with E-state index in [4.69, 9.17) is 4.74 Å². The monoisotopic (exact) mass is 330 g/mol. The van der Waals surface area contributed by atoms with Gasteiger partial charge in [-0.3, -0.25) is 9.78 Å². The molecule has 0 spiro atoms. The van der Waals surface area contributed by atoms with Crippen molar-refractivity contribution in [2.24, 2.45) is 0 Å². The average molecular weight is 330 g/mol. The van der Waals surface area contributed by atoms with Gasteiger partial charge in [0.05, 0.1) is 18.1 Å². The fraction of sp³-hybridized carbons (Fsp3) is 0. The highest BCUT2D eigenvalue weighted by molar-refractivity contribution is 6.12. The number of nitrogens with one attached hydrogen (secondary N) is 2. The van der Waals surface area contributed by atoms with Crippen LogP contribution in [0.1, 0.15) is 10.4 Å². The van der Waals surface area contributed by atoms with Crippen LogP contribution in [0.3, 0.4) is 0 Å². The minimum absolute atomic E-state index is 0.187. The third-order valence-electron chi connectivity index (χ3n) is 3.69. The molecular formula is C19H14N4O2. The van der Waals surface area contributed by atoms with Gasteiger partial charge in [0, 0.05) is 34.9 Å². The van der Waals surface area contributed by atoms with Crippen molar-refractivity contribution in [1.29, 1.82) is 0 Å². The van der Waals surface area contributed by atoms with Gasteiger partial charge in [0.15, 0.2) is 0 Å². The van der Waals surface area contributed by atoms with E-state index < -0.39 is 0 Å². The molecule has 6 nitrogen and oxygen atoms in total. The van der Waals surface area contributed by atoms with E-state index >= 15 is 0 Å². The molecule has 4 rings (SSSR count). The zero-order valence-corrected chi connectivity index (χ0v) is 13.1. The Hall–Kier alpha value is -3.67. The minimum Gasteiger partial charge on any atom is -0.437 e. The molecule has 0 saturated carbocycles. The third kappa shape index (κ3) is 3.18. The van der Waals surface area contributed by atoms with Crippen molar-refractivity contribution in [2.75, 3.05) is 5.32 Å². The summed E-state index contributed by atoms with van der Waals surface area (Å²) in [7, 11) is 0. The summed E-state index contributed by atoms with van der Waals surface area (Å²) in [6.45, 7) is 0. The second-order valence-corrected chi connectivity index (χ2v) is 5.37. The summed E-state index contributed by atoms with van der Waals surface area (Å²) < 4.78 is 5.58. The van der Waals surface area contributed by atoms with E-state index in [0.717, 1.165) is 10.9 Å². The van der Waals surface area contributed by atoms with Gasteiger partial charge >= 0.3 is 0 Å². The van der Waals surface area contributed by atoms with Crippen LogP contribution >= 0.6 is 0 Å². The van der Waals surface area contributed by atoms with E-state index in [0.29, 0.717) is 22.9 Å². The van der Waals surface area contributed by atoms with Crippen LogP contribution in [-0.2, 0) is 0 Å². The molecule has 4 aromatic rings. The number of amides is 1. The standard InChI is InChI=1S/C19H14N4O2/c24-19(16-4-1-5-17-15(16)8-10-21-17)23-13-6-7-18(22-11-13)25-14-3-2-9-20-12-14/h1-12,21H,(H,23,24). The Balaban J connectivity index is 1.49. The highest BCUT2D eigenvalue weighted by atomic mass is 16.5. The molecular weight excluding hydrogens is 316 g/mol. The predicted molar refractivity (Wildman–Crippen MR) is 94.8 cm³/mol. The van der Waals surface area contributed by atoms with Crippen molar-refractivity contribution in [3.05, 3.63) is 78.9 Å². The fourth-order valence-corrected chi connectivity index (χ4v) is 2.52. The van der Waals surface area contributed by atoms with Crippen LogP contribution in [0.5, 0.6) is 11.6 Å². The molecule has 1 amide bonds. The molecule has 0 radical (unpaired) electrons. The number of benzene rings is 1. The van der Waals surface area contributed by atoms with Crippen molar-refractivity contribution in [2.45, 2.75) is 0 Å². The Bertz CT molecular complexity index is 1010. The zero-order chi connectivity index (χ0) is 17.1. The largest absolute Gasteiger partial charge is 0.437 e. The first kappa shape index (κ1) is 14.9. The number of ether oxygens (including phenoxy) is 1. The molecule has 0 unspecified atom stereocenters. The van der Waals surface area contributed by atoms with E-state index in [1.165, 1.54) is 0 Å². The molecule has 1 aromatic carbocycles. The molecule has 0 fully saturated rings. The zero-order valence-electron chi connectivity index (χ0n) is 13.1. The second kappa shape index (κ2) is 6.45. The van der Waals surface area contributed by atoms with Gasteiger partial charge in [-0.15, -0.1) is 0 Å². The summed E-state index contributed by atoms with van der Waals surface area (Å²) in [6, 6.07) is 14.5. The van der Waals surface area contributed by atoms with Gasteiger partial charge < -0.3 is 15.0 Å². The Morgan fingerprint density at radius 2 is 2.00 bits per heavy atom. The lowest BCUT2D eigenvalue weighted by atomic mass is 10.1. The molecule has 0 bridgehead atoms. The summed E-state index contributed by atoms with van der Waals surface area (Å²) in [6.07, 6.45) is 6.65. The number of fused-ring (bicyclic) bond motifs is 1. The van der Waals surface area contributed by atoms with Crippen molar-refractivity contribution in [3.63, 3.8) is 0 Å². The first-order chi connectivity index (χ1) is 12.3. The third-order valence-corrected chi connectivity index (χ3v) is 3.69. The van der Waals surface area contributed by atoms with Crippen LogP contribution < -0.4 is 10.1 Å². The van der Waals surface area contributed by atoms with E-state index in [9.17, 15) is 4.79 Å². The van der Waals surface area contributed by atoms with Crippen molar-refractivity contribution in [3.8, 4) is 11.6 Å². The number of carbonyl (C=O) groups is 1. The van der Waals surface area contributed by atoms with Crippen molar-refractivity contribution >= 4 is 22.5 Å². The van der Waals surface area contributed by atoms with Crippen molar-refractivity contribution < 1.29 is 9.53 Å². The van der Waals surface area contributed by atoms with Crippen LogP contribution in [0.4, 0.5) is 5.69 Å². The molecule has 3 heterocycles. The smallest absolute Gasteiger partial charge is 0.256 e. The maximum Gasteiger partial charge on any atom is 0.256 e. The van der Waals surface area contributed by atoms with Crippen LogP contribution in [0, 0.1) is 0 Å². The maximum absolute atomic E-state index is 12.5. The van der Waals surface area contributed by atoms with Gasteiger partial charge in [-0.25, -0.2) is 4.98 Å². The molecule has 122 valence electrons. The average Bonchev–Trinajstić information content (AvgIpc) is 3.13. The van der Waals surface area contributed by atoms with Crippen LogP contribution in [0.25, 0.3) is 10.9 Å². The molecule has 0 aliphatic rings. The summed E-state index contributed by atoms with van der Waals surface area (Å²) in [5.41, 5.74) is 2.12. The van der Waals surface area contributed by atoms with Gasteiger partial charge in [-0.2, -0.15) is 0 Å². The number of carbonyl (C=O) groups excluding carboxylic acids is 1. The lowest BCUT2D eigenvalue weighted by Crippen LogP contribution is -2.12. The Morgan fingerprint density at radius 3 is 2.80 bits per heavy atom. The van der Waals surface area contributed by atoms with E-state index in [1.54, 1.807) is 48.9 Å². The highest BCUT2D eigenvalue weighted by Gasteiger charge is 2.11. The molecule has 3 aromatic heterocycles. The number of aromatic nitrogens is 3. The predicted octanol–water partition coefficient (Wildman–Crippen LogP) is 4.00. The highest BCUT2D eigenvalue weighted by Crippen LogP contribution is 2.21. The number of aromatic amines is 1. The first-order valence-corrected chi connectivity index (χ1v) is 7.71. The molecule has 0 aliphatic carbocycles. The fourth-order valence-electron chi connectivity index (χ4n) is 2.52. The SMILES string of the molecule is O=C(Nc1ccc(Oc2cccnc2)nc1)c1cccc2[nH]ccc12. The summed E-state index contributed by atoms with van der Waals surface area (Å²) in [5.74, 6) is 0.845. The normalized spacial score (nSPS) is 10.6. The van der Waals surface area contributed by atoms with E-state index in [-0.39, 0.29) is 5.91 Å². The molecule has 0 saturated heterocycles. The Morgan fingerprint density at radius 1 is 1.04 bits per heavy atom. The molecule has 6 heteroatoms. The van der Waals surface area contributed by atoms with Gasteiger partial charge in [0.2, 0.25) is 5.88 Å². The van der Waals surface area contributed by atoms with E-state index in [2.05, 4.69) is 20.3 Å². The van der Waals surface area contributed by atoms with E-state index in [1.807, 2.05) is 24.4 Å². The van der Waals surface area contributed by atoms with Crippen LogP contribution in [-0.4, -0.2) is 20.9 Å². The van der Waals surface area contributed by atoms with Gasteiger partial charge in [0.25, 0.3) is 5.91 Å². The number of rotatable bonds is 4. The number of anilines is 1. The molecule has 0 atom stereocenters. The lowest BCUT2D eigenvalue weighted by molar-refractivity contribution is 0.102. The first-order valence-electron chi connectivity index (χ1n) is 7.71. The Kier molecular flexibility index (Phi) is 3.84. The number of nitrogens with zero attached hydrogens (tertiary/aromatic N) is 2. The van der Waals surface area contributed by atoms with Crippen LogP contribution in [0.2, 0.25) is 0 Å². The number of pyridine rings is 2.